The number of aliphatic hydroxyl groups is 1. The van der Waals surface area contributed by atoms with E-state index in [1.54, 1.807) is 0 Å². The second-order valence-electron chi connectivity index (χ2n) is 4.40. The predicted octanol–water partition coefficient (Wildman–Crippen LogP) is 0.0510. The Morgan fingerprint density at radius 2 is 2.25 bits per heavy atom. The summed E-state index contributed by atoms with van der Waals surface area (Å²) in [5, 5.41) is 13.0. The average Bonchev–Trinajstić information content (AvgIpc) is 1.82. The Hall–Kier alpha value is -0.120. The molecule has 1 atom stereocenters. The number of nitrogens with one attached hydrogen (secondary N) is 1. The van der Waals surface area contributed by atoms with Crippen molar-refractivity contribution in [2.24, 2.45) is 0 Å². The van der Waals surface area contributed by atoms with E-state index < -0.39 is 5.60 Å². The van der Waals surface area contributed by atoms with Gasteiger partial charge in [-0.2, -0.15) is 0 Å². The zero-order valence-electron chi connectivity index (χ0n) is 8.30. The van der Waals surface area contributed by atoms with Gasteiger partial charge in [0.2, 0.25) is 0 Å². The molecule has 12 heavy (non-hydrogen) atoms. The van der Waals surface area contributed by atoms with E-state index in [0.29, 0.717) is 6.04 Å². The van der Waals surface area contributed by atoms with Gasteiger partial charge < -0.3 is 10.4 Å². The third kappa shape index (κ3) is 3.52. The third-order valence-electron chi connectivity index (χ3n) is 2.06. The number of hydrogen-bond acceptors (Lipinski definition) is 3. The van der Waals surface area contributed by atoms with E-state index in [0.717, 1.165) is 26.2 Å². The van der Waals surface area contributed by atoms with E-state index in [4.69, 9.17) is 0 Å². The number of rotatable bonds is 2. The van der Waals surface area contributed by atoms with Crippen molar-refractivity contribution in [1.82, 2.24) is 10.2 Å². The first-order valence-corrected chi connectivity index (χ1v) is 4.65. The molecule has 1 saturated heterocycles. The van der Waals surface area contributed by atoms with Crippen LogP contribution in [0.4, 0.5) is 0 Å². The molecule has 3 nitrogen and oxygen atoms in total. The number of piperazine rings is 1. The summed E-state index contributed by atoms with van der Waals surface area (Å²) in [5.74, 6) is 0. The minimum atomic E-state index is -0.558. The fourth-order valence-corrected chi connectivity index (χ4v) is 1.70. The summed E-state index contributed by atoms with van der Waals surface area (Å²) in [6.07, 6.45) is 0. The Balaban J connectivity index is 2.32. The first-order valence-electron chi connectivity index (χ1n) is 4.65. The molecular formula is C9H20N2O. The zero-order chi connectivity index (χ0) is 9.19. The van der Waals surface area contributed by atoms with Crippen molar-refractivity contribution in [1.29, 1.82) is 0 Å². The lowest BCUT2D eigenvalue weighted by Crippen LogP contribution is -2.52. The Bertz CT molecular complexity index is 142. The van der Waals surface area contributed by atoms with Crippen LogP contribution >= 0.6 is 0 Å². The molecule has 0 spiro atoms. The number of β-amino-alcohol motifs (C(OH)–C–C–N with tert-alkyl or cyclic N) is 1. The molecule has 0 aromatic heterocycles. The van der Waals surface area contributed by atoms with Crippen molar-refractivity contribution in [3.8, 4) is 0 Å². The molecule has 0 aromatic carbocycles. The Morgan fingerprint density at radius 3 is 2.75 bits per heavy atom. The zero-order valence-corrected chi connectivity index (χ0v) is 8.30. The van der Waals surface area contributed by atoms with E-state index in [1.807, 2.05) is 13.8 Å². The van der Waals surface area contributed by atoms with Crippen LogP contribution in [-0.2, 0) is 0 Å². The summed E-state index contributed by atoms with van der Waals surface area (Å²) in [6.45, 7) is 9.81. The highest BCUT2D eigenvalue weighted by molar-refractivity contribution is 4.79. The Morgan fingerprint density at radius 1 is 1.58 bits per heavy atom. The minimum absolute atomic E-state index is 0.557. The SMILES string of the molecule is C[C@H]1CN(CC(C)(C)O)CCN1. The minimum Gasteiger partial charge on any atom is -0.389 e. The molecule has 72 valence electrons. The molecule has 3 heteroatoms. The standard InChI is InChI=1S/C9H20N2O/c1-8-6-11(5-4-10-8)7-9(2,3)12/h8,10,12H,4-7H2,1-3H3/t8-/m0/s1. The van der Waals surface area contributed by atoms with Gasteiger partial charge in [0, 0.05) is 32.2 Å². The van der Waals surface area contributed by atoms with Crippen LogP contribution in [0.15, 0.2) is 0 Å². The molecule has 1 rings (SSSR count). The van der Waals surface area contributed by atoms with Crippen LogP contribution in [0.3, 0.4) is 0 Å². The largest absolute Gasteiger partial charge is 0.389 e. The first kappa shape index (κ1) is 9.96. The van der Waals surface area contributed by atoms with Crippen molar-refractivity contribution in [2.45, 2.75) is 32.4 Å². The summed E-state index contributed by atoms with van der Waals surface area (Å²) in [5.41, 5.74) is -0.558. The van der Waals surface area contributed by atoms with Crippen LogP contribution in [0.1, 0.15) is 20.8 Å². The molecule has 0 saturated carbocycles. The van der Waals surface area contributed by atoms with E-state index >= 15 is 0 Å². The fraction of sp³-hybridized carbons (Fsp3) is 1.00. The van der Waals surface area contributed by atoms with Gasteiger partial charge in [0.15, 0.2) is 0 Å². The normalized spacial score (nSPS) is 27.5. The van der Waals surface area contributed by atoms with Crippen molar-refractivity contribution in [2.75, 3.05) is 26.2 Å². The van der Waals surface area contributed by atoms with Gasteiger partial charge in [0.25, 0.3) is 0 Å². The van der Waals surface area contributed by atoms with Crippen LogP contribution in [0.2, 0.25) is 0 Å². The molecule has 2 N–H and O–H groups in total. The van der Waals surface area contributed by atoms with Gasteiger partial charge in [-0.3, -0.25) is 4.90 Å². The third-order valence-corrected chi connectivity index (χ3v) is 2.06. The molecule has 0 radical (unpaired) electrons. The maximum Gasteiger partial charge on any atom is 0.0718 e. The molecule has 0 bridgehead atoms. The van der Waals surface area contributed by atoms with Crippen LogP contribution in [0, 0.1) is 0 Å². The second-order valence-corrected chi connectivity index (χ2v) is 4.40. The van der Waals surface area contributed by atoms with E-state index in [-0.39, 0.29) is 0 Å². The van der Waals surface area contributed by atoms with E-state index in [9.17, 15) is 5.11 Å². The maximum absolute atomic E-state index is 9.59. The van der Waals surface area contributed by atoms with Gasteiger partial charge in [-0.05, 0) is 20.8 Å². The maximum atomic E-state index is 9.59. The summed E-state index contributed by atoms with van der Waals surface area (Å²) in [7, 11) is 0. The summed E-state index contributed by atoms with van der Waals surface area (Å²) < 4.78 is 0. The molecule has 0 unspecified atom stereocenters. The van der Waals surface area contributed by atoms with Crippen molar-refractivity contribution in [3.63, 3.8) is 0 Å². The molecule has 0 aliphatic carbocycles. The lowest BCUT2D eigenvalue weighted by molar-refractivity contribution is 0.0278. The van der Waals surface area contributed by atoms with Gasteiger partial charge in [-0.15, -0.1) is 0 Å². The molecule has 0 amide bonds. The van der Waals surface area contributed by atoms with Gasteiger partial charge in [0.1, 0.15) is 0 Å². The predicted molar refractivity (Wildman–Crippen MR) is 50.2 cm³/mol. The second kappa shape index (κ2) is 3.73. The average molecular weight is 172 g/mol. The smallest absolute Gasteiger partial charge is 0.0718 e. The Labute approximate surface area is 74.8 Å². The molecule has 1 aliphatic rings. The quantitative estimate of drug-likeness (QED) is 0.618. The molecule has 1 aliphatic heterocycles. The van der Waals surface area contributed by atoms with Crippen LogP contribution in [-0.4, -0.2) is 47.8 Å². The molecule has 0 aromatic rings. The van der Waals surface area contributed by atoms with Gasteiger partial charge in [-0.1, -0.05) is 0 Å². The highest BCUT2D eigenvalue weighted by atomic mass is 16.3. The topological polar surface area (TPSA) is 35.5 Å². The fourth-order valence-electron chi connectivity index (χ4n) is 1.70. The van der Waals surface area contributed by atoms with Crippen LogP contribution in [0.25, 0.3) is 0 Å². The lowest BCUT2D eigenvalue weighted by Gasteiger charge is -2.35. The number of hydrogen-bond donors (Lipinski definition) is 2. The van der Waals surface area contributed by atoms with Crippen molar-refractivity contribution in [3.05, 3.63) is 0 Å². The van der Waals surface area contributed by atoms with Crippen molar-refractivity contribution < 1.29 is 5.11 Å². The van der Waals surface area contributed by atoms with Crippen LogP contribution < -0.4 is 5.32 Å². The number of nitrogens with zero attached hydrogens (tertiary/aromatic N) is 1. The molecule has 1 heterocycles. The van der Waals surface area contributed by atoms with Gasteiger partial charge in [-0.25, -0.2) is 0 Å². The highest BCUT2D eigenvalue weighted by Crippen LogP contribution is 2.07. The van der Waals surface area contributed by atoms with Gasteiger partial charge >= 0.3 is 0 Å². The first-order chi connectivity index (χ1) is 5.47. The monoisotopic (exact) mass is 172 g/mol. The highest BCUT2D eigenvalue weighted by Gasteiger charge is 2.21. The van der Waals surface area contributed by atoms with E-state index in [1.165, 1.54) is 0 Å². The van der Waals surface area contributed by atoms with Crippen LogP contribution in [0.5, 0.6) is 0 Å². The summed E-state index contributed by atoms with van der Waals surface area (Å²) in [4.78, 5) is 2.31. The summed E-state index contributed by atoms with van der Waals surface area (Å²) in [6, 6.07) is 0.557. The van der Waals surface area contributed by atoms with Gasteiger partial charge in [0.05, 0.1) is 5.60 Å². The molecule has 1 fully saturated rings. The lowest BCUT2D eigenvalue weighted by atomic mass is 10.1. The molecular weight excluding hydrogens is 152 g/mol. The summed E-state index contributed by atoms with van der Waals surface area (Å²) >= 11 is 0. The van der Waals surface area contributed by atoms with E-state index in [2.05, 4.69) is 17.1 Å². The van der Waals surface area contributed by atoms with Crippen molar-refractivity contribution >= 4 is 0 Å². The Kier molecular flexibility index (Phi) is 3.09.